The Balaban J connectivity index is 1.66. The minimum atomic E-state index is -1.28. The molecule has 126 valence electrons. The molecule has 3 rings (SSSR count). The zero-order chi connectivity index (χ0) is 17.6. The lowest BCUT2D eigenvalue weighted by atomic mass is 10.1. The van der Waals surface area contributed by atoms with Gasteiger partial charge in [0.05, 0.1) is 5.56 Å². The van der Waals surface area contributed by atoms with Crippen LogP contribution in [0.4, 0.5) is 10.1 Å². The van der Waals surface area contributed by atoms with E-state index in [2.05, 4.69) is 5.32 Å². The van der Waals surface area contributed by atoms with Crippen molar-refractivity contribution in [1.29, 1.82) is 0 Å². The number of hydrogen-bond acceptors (Lipinski definition) is 3. The predicted octanol–water partition coefficient (Wildman–Crippen LogP) is 4.93. The highest BCUT2D eigenvalue weighted by Gasteiger charge is 2.10. The monoisotopic (exact) mass is 337 g/mol. The Morgan fingerprint density at radius 1 is 0.960 bits per heavy atom. The van der Waals surface area contributed by atoms with Crippen LogP contribution in [0.25, 0.3) is 0 Å². The topological polar surface area (TPSA) is 58.6 Å². The second-order valence-electron chi connectivity index (χ2n) is 5.42. The standard InChI is InChI=1S/C20H16FNO3/c21-19-12-15(9-10-18(19)20(23)24)22-13-14-5-4-8-17(11-14)25-16-6-2-1-3-7-16/h1-12,22H,13H2,(H,23,24). The van der Waals surface area contributed by atoms with Crippen molar-refractivity contribution in [2.24, 2.45) is 0 Å². The fourth-order valence-electron chi connectivity index (χ4n) is 2.35. The summed E-state index contributed by atoms with van der Waals surface area (Å²) in [7, 11) is 0. The molecule has 25 heavy (non-hydrogen) atoms. The molecule has 0 aliphatic rings. The van der Waals surface area contributed by atoms with Gasteiger partial charge in [-0.1, -0.05) is 30.3 Å². The quantitative estimate of drug-likeness (QED) is 0.670. The van der Waals surface area contributed by atoms with Gasteiger partial charge in [-0.05, 0) is 48.0 Å². The molecule has 0 saturated heterocycles. The van der Waals surface area contributed by atoms with Gasteiger partial charge < -0.3 is 15.2 Å². The molecular weight excluding hydrogens is 321 g/mol. The summed E-state index contributed by atoms with van der Waals surface area (Å²) >= 11 is 0. The lowest BCUT2D eigenvalue weighted by Crippen LogP contribution is -2.03. The smallest absolute Gasteiger partial charge is 0.338 e. The maximum Gasteiger partial charge on any atom is 0.338 e. The summed E-state index contributed by atoms with van der Waals surface area (Å²) in [6.45, 7) is 0.456. The fourth-order valence-corrected chi connectivity index (χ4v) is 2.35. The molecule has 3 aromatic carbocycles. The van der Waals surface area contributed by atoms with Crippen molar-refractivity contribution < 1.29 is 19.0 Å². The third-order valence-corrected chi connectivity index (χ3v) is 3.57. The third-order valence-electron chi connectivity index (χ3n) is 3.57. The van der Waals surface area contributed by atoms with Gasteiger partial charge in [0.15, 0.2) is 0 Å². The van der Waals surface area contributed by atoms with Crippen LogP contribution in [0.2, 0.25) is 0 Å². The first-order valence-electron chi connectivity index (χ1n) is 7.70. The van der Waals surface area contributed by atoms with E-state index in [0.29, 0.717) is 18.0 Å². The number of anilines is 1. The van der Waals surface area contributed by atoms with E-state index in [0.717, 1.165) is 11.3 Å². The van der Waals surface area contributed by atoms with E-state index >= 15 is 0 Å². The minimum absolute atomic E-state index is 0.344. The number of rotatable bonds is 6. The molecule has 0 aliphatic carbocycles. The van der Waals surface area contributed by atoms with Crippen molar-refractivity contribution in [2.45, 2.75) is 6.54 Å². The molecule has 3 aromatic rings. The SMILES string of the molecule is O=C(O)c1ccc(NCc2cccc(Oc3ccccc3)c2)cc1F. The van der Waals surface area contributed by atoms with Crippen LogP contribution in [0.3, 0.4) is 0 Å². The molecule has 5 heteroatoms. The average Bonchev–Trinajstić information content (AvgIpc) is 2.61. The van der Waals surface area contributed by atoms with Gasteiger partial charge in [0.1, 0.15) is 17.3 Å². The van der Waals surface area contributed by atoms with Crippen molar-refractivity contribution in [3.05, 3.63) is 89.7 Å². The van der Waals surface area contributed by atoms with Gasteiger partial charge in [0.25, 0.3) is 0 Å². The van der Waals surface area contributed by atoms with E-state index < -0.39 is 11.8 Å². The molecule has 0 unspecified atom stereocenters. The number of aromatic carboxylic acids is 1. The van der Waals surface area contributed by atoms with Crippen LogP contribution < -0.4 is 10.1 Å². The van der Waals surface area contributed by atoms with Crippen LogP contribution in [0, 0.1) is 5.82 Å². The first-order chi connectivity index (χ1) is 12.1. The number of carbonyl (C=O) groups is 1. The summed E-state index contributed by atoms with van der Waals surface area (Å²) in [6, 6.07) is 21.0. The Hall–Kier alpha value is -3.34. The molecule has 0 bridgehead atoms. The molecule has 2 N–H and O–H groups in total. The number of carboxylic acid groups (broad SMARTS) is 1. The lowest BCUT2D eigenvalue weighted by Gasteiger charge is -2.10. The molecule has 0 radical (unpaired) electrons. The lowest BCUT2D eigenvalue weighted by molar-refractivity contribution is 0.0692. The van der Waals surface area contributed by atoms with E-state index in [4.69, 9.17) is 9.84 Å². The first kappa shape index (κ1) is 16.5. The number of benzene rings is 3. The summed E-state index contributed by atoms with van der Waals surface area (Å²) in [5.74, 6) is -0.592. The molecule has 4 nitrogen and oxygen atoms in total. The summed E-state index contributed by atoms with van der Waals surface area (Å²) < 4.78 is 19.5. The van der Waals surface area contributed by atoms with Gasteiger partial charge in [-0.2, -0.15) is 0 Å². The average molecular weight is 337 g/mol. The van der Waals surface area contributed by atoms with Gasteiger partial charge in [0, 0.05) is 12.2 Å². The van der Waals surface area contributed by atoms with Gasteiger partial charge in [-0.15, -0.1) is 0 Å². The number of nitrogens with one attached hydrogen (secondary N) is 1. The molecule has 0 aliphatic heterocycles. The maximum absolute atomic E-state index is 13.7. The van der Waals surface area contributed by atoms with Crippen LogP contribution in [0.1, 0.15) is 15.9 Å². The second kappa shape index (κ2) is 7.49. The third kappa shape index (κ3) is 4.35. The minimum Gasteiger partial charge on any atom is -0.478 e. The van der Waals surface area contributed by atoms with Crippen LogP contribution >= 0.6 is 0 Å². The number of hydrogen-bond donors (Lipinski definition) is 2. The molecule has 0 heterocycles. The number of carboxylic acids is 1. The van der Waals surface area contributed by atoms with Crippen molar-refractivity contribution >= 4 is 11.7 Å². The van der Waals surface area contributed by atoms with Crippen LogP contribution in [-0.4, -0.2) is 11.1 Å². The Kier molecular flexibility index (Phi) is 4.95. The molecule has 0 amide bonds. The van der Waals surface area contributed by atoms with Crippen molar-refractivity contribution in [2.75, 3.05) is 5.32 Å². The van der Waals surface area contributed by atoms with E-state index in [-0.39, 0.29) is 5.56 Å². The van der Waals surface area contributed by atoms with Gasteiger partial charge >= 0.3 is 5.97 Å². The Bertz CT molecular complexity index is 881. The fraction of sp³-hybridized carbons (Fsp3) is 0.0500. The zero-order valence-electron chi connectivity index (χ0n) is 13.3. The Labute approximate surface area is 144 Å². The summed E-state index contributed by atoms with van der Waals surface area (Å²) in [5, 5.41) is 11.9. The molecule has 0 fully saturated rings. The number of halogens is 1. The second-order valence-corrected chi connectivity index (χ2v) is 5.42. The van der Waals surface area contributed by atoms with Crippen molar-refractivity contribution in [3.63, 3.8) is 0 Å². The highest BCUT2D eigenvalue weighted by Crippen LogP contribution is 2.22. The van der Waals surface area contributed by atoms with Crippen LogP contribution in [0.5, 0.6) is 11.5 Å². The van der Waals surface area contributed by atoms with Crippen LogP contribution in [-0.2, 0) is 6.54 Å². The van der Waals surface area contributed by atoms with E-state index in [1.807, 2.05) is 54.6 Å². The van der Waals surface area contributed by atoms with Crippen molar-refractivity contribution in [1.82, 2.24) is 0 Å². The Morgan fingerprint density at radius 3 is 2.44 bits per heavy atom. The Morgan fingerprint density at radius 2 is 1.72 bits per heavy atom. The normalized spacial score (nSPS) is 10.3. The largest absolute Gasteiger partial charge is 0.478 e. The first-order valence-corrected chi connectivity index (χ1v) is 7.70. The maximum atomic E-state index is 13.7. The molecular formula is C20H16FNO3. The van der Waals surface area contributed by atoms with Gasteiger partial charge in [0.2, 0.25) is 0 Å². The molecule has 0 spiro atoms. The highest BCUT2D eigenvalue weighted by atomic mass is 19.1. The van der Waals surface area contributed by atoms with Crippen molar-refractivity contribution in [3.8, 4) is 11.5 Å². The summed E-state index contributed by atoms with van der Waals surface area (Å²) in [6.07, 6.45) is 0. The summed E-state index contributed by atoms with van der Waals surface area (Å²) in [5.41, 5.74) is 1.12. The summed E-state index contributed by atoms with van der Waals surface area (Å²) in [4.78, 5) is 10.8. The van der Waals surface area contributed by atoms with E-state index in [1.165, 1.54) is 18.2 Å². The molecule has 0 aromatic heterocycles. The molecule has 0 atom stereocenters. The zero-order valence-corrected chi connectivity index (χ0v) is 13.3. The highest BCUT2D eigenvalue weighted by molar-refractivity contribution is 5.88. The van der Waals surface area contributed by atoms with Crippen LogP contribution in [0.15, 0.2) is 72.8 Å². The van der Waals surface area contributed by atoms with Gasteiger partial charge in [-0.3, -0.25) is 0 Å². The van der Waals surface area contributed by atoms with Gasteiger partial charge in [-0.25, -0.2) is 9.18 Å². The van der Waals surface area contributed by atoms with E-state index in [9.17, 15) is 9.18 Å². The number of ether oxygens (including phenoxy) is 1. The predicted molar refractivity (Wildman–Crippen MR) is 93.6 cm³/mol. The number of para-hydroxylation sites is 1. The van der Waals surface area contributed by atoms with E-state index in [1.54, 1.807) is 0 Å². The molecule has 0 saturated carbocycles.